The third kappa shape index (κ3) is 7.12. The molecule has 0 bridgehead atoms. The summed E-state index contributed by atoms with van der Waals surface area (Å²) in [6, 6.07) is 6.61. The second-order valence-electron chi connectivity index (χ2n) is 6.67. The molecule has 0 aliphatic heterocycles. The maximum absolute atomic E-state index is 5.39. The van der Waals surface area contributed by atoms with Crippen LogP contribution in [0.1, 0.15) is 26.3 Å². The number of likely N-dealkylation sites (N-methyl/N-ethyl adjacent to an activating group) is 2. The smallest absolute Gasteiger partial charge is 0.193 e. The van der Waals surface area contributed by atoms with Crippen molar-refractivity contribution in [3.8, 4) is 11.5 Å². The van der Waals surface area contributed by atoms with Crippen LogP contribution in [0, 0.1) is 0 Å². The Morgan fingerprint density at radius 2 is 1.81 bits per heavy atom. The summed E-state index contributed by atoms with van der Waals surface area (Å²) in [7, 11) is 7.53. The fourth-order valence-corrected chi connectivity index (χ4v) is 2.48. The van der Waals surface area contributed by atoms with Gasteiger partial charge >= 0.3 is 0 Å². The molecular formula is C20H36N4O2. The summed E-state index contributed by atoms with van der Waals surface area (Å²) in [4.78, 5) is 9.23. The van der Waals surface area contributed by atoms with Crippen LogP contribution in [0.3, 0.4) is 0 Å². The molecule has 0 saturated heterocycles. The quantitative estimate of drug-likeness (QED) is 0.511. The molecule has 26 heavy (non-hydrogen) atoms. The van der Waals surface area contributed by atoms with Crippen molar-refractivity contribution < 1.29 is 9.47 Å². The highest BCUT2D eigenvalue weighted by Gasteiger charge is 2.09. The van der Waals surface area contributed by atoms with Gasteiger partial charge in [-0.15, -0.1) is 0 Å². The first kappa shape index (κ1) is 22.1. The number of guanidine groups is 1. The number of rotatable bonds is 10. The Morgan fingerprint density at radius 1 is 1.12 bits per heavy atom. The van der Waals surface area contributed by atoms with E-state index in [-0.39, 0.29) is 0 Å². The zero-order chi connectivity index (χ0) is 19.5. The van der Waals surface area contributed by atoms with Crippen LogP contribution in [0.15, 0.2) is 23.2 Å². The van der Waals surface area contributed by atoms with Gasteiger partial charge in [-0.3, -0.25) is 4.99 Å². The molecule has 148 valence electrons. The molecule has 0 aromatic heterocycles. The lowest BCUT2D eigenvalue weighted by atomic mass is 10.1. The van der Waals surface area contributed by atoms with E-state index in [9.17, 15) is 0 Å². The lowest BCUT2D eigenvalue weighted by Gasteiger charge is -2.23. The Balaban J connectivity index is 2.65. The van der Waals surface area contributed by atoms with Crippen molar-refractivity contribution in [2.45, 2.75) is 33.2 Å². The summed E-state index contributed by atoms with van der Waals surface area (Å²) in [5, 5.41) is 3.38. The fourth-order valence-electron chi connectivity index (χ4n) is 2.48. The number of aliphatic imine (C=N–C) groups is 1. The van der Waals surface area contributed by atoms with Gasteiger partial charge in [-0.2, -0.15) is 0 Å². The molecule has 0 radical (unpaired) electrons. The van der Waals surface area contributed by atoms with E-state index in [4.69, 9.17) is 14.5 Å². The molecular weight excluding hydrogens is 328 g/mol. The molecule has 1 aromatic rings. The molecule has 0 amide bonds. The van der Waals surface area contributed by atoms with Crippen LogP contribution < -0.4 is 14.8 Å². The Kier molecular flexibility index (Phi) is 9.88. The monoisotopic (exact) mass is 364 g/mol. The van der Waals surface area contributed by atoms with Crippen LogP contribution in [0.5, 0.6) is 11.5 Å². The predicted octanol–water partition coefficient (Wildman–Crippen LogP) is 2.48. The van der Waals surface area contributed by atoms with Crippen molar-refractivity contribution in [3.05, 3.63) is 23.8 Å². The highest BCUT2D eigenvalue weighted by molar-refractivity contribution is 5.79. The topological polar surface area (TPSA) is 49.3 Å². The minimum absolute atomic E-state index is 0.538. The summed E-state index contributed by atoms with van der Waals surface area (Å²) < 4.78 is 10.7. The van der Waals surface area contributed by atoms with E-state index in [1.165, 1.54) is 5.56 Å². The lowest BCUT2D eigenvalue weighted by molar-refractivity contribution is 0.281. The van der Waals surface area contributed by atoms with Gasteiger partial charge < -0.3 is 24.6 Å². The highest BCUT2D eigenvalue weighted by Crippen LogP contribution is 2.27. The van der Waals surface area contributed by atoms with E-state index in [0.29, 0.717) is 6.04 Å². The first-order chi connectivity index (χ1) is 12.4. The van der Waals surface area contributed by atoms with Crippen LogP contribution in [-0.4, -0.2) is 76.3 Å². The maximum Gasteiger partial charge on any atom is 0.193 e. The molecule has 0 atom stereocenters. The summed E-state index contributed by atoms with van der Waals surface area (Å²) in [6.45, 7) is 9.97. The van der Waals surface area contributed by atoms with Gasteiger partial charge in [0.05, 0.1) is 20.8 Å². The van der Waals surface area contributed by atoms with Crippen LogP contribution in [0.4, 0.5) is 0 Å². The predicted molar refractivity (Wildman–Crippen MR) is 110 cm³/mol. The fraction of sp³-hybridized carbons (Fsp3) is 0.650. The van der Waals surface area contributed by atoms with E-state index < -0.39 is 0 Å². The van der Waals surface area contributed by atoms with Gasteiger partial charge in [0.1, 0.15) is 0 Å². The molecule has 1 aromatic carbocycles. The van der Waals surface area contributed by atoms with Gasteiger partial charge in [0.25, 0.3) is 0 Å². The number of benzene rings is 1. The van der Waals surface area contributed by atoms with Gasteiger partial charge in [-0.1, -0.05) is 6.07 Å². The zero-order valence-corrected chi connectivity index (χ0v) is 17.5. The van der Waals surface area contributed by atoms with Crippen LogP contribution >= 0.6 is 0 Å². The number of nitrogens with zero attached hydrogens (tertiary/aromatic N) is 3. The van der Waals surface area contributed by atoms with Crippen molar-refractivity contribution in [2.75, 3.05) is 54.5 Å². The van der Waals surface area contributed by atoms with Crippen LogP contribution in [0.25, 0.3) is 0 Å². The Bertz CT molecular complexity index is 561. The molecule has 0 aliphatic rings. The Hall–Kier alpha value is -1.95. The second-order valence-corrected chi connectivity index (χ2v) is 6.67. The third-order valence-corrected chi connectivity index (χ3v) is 4.48. The number of nitrogens with one attached hydrogen (secondary N) is 1. The van der Waals surface area contributed by atoms with Gasteiger partial charge in [0.2, 0.25) is 0 Å². The van der Waals surface area contributed by atoms with Crippen molar-refractivity contribution in [3.63, 3.8) is 0 Å². The maximum atomic E-state index is 5.39. The minimum atomic E-state index is 0.538. The molecule has 0 heterocycles. The van der Waals surface area contributed by atoms with Gasteiger partial charge in [-0.05, 0) is 51.9 Å². The lowest BCUT2D eigenvalue weighted by Crippen LogP contribution is -2.40. The van der Waals surface area contributed by atoms with Crippen molar-refractivity contribution in [1.82, 2.24) is 15.1 Å². The zero-order valence-electron chi connectivity index (χ0n) is 17.5. The van der Waals surface area contributed by atoms with Crippen molar-refractivity contribution >= 4 is 5.96 Å². The standard InChI is InChI=1S/C20H36N4O2/c1-8-21-20(22-12-14-23(4)16(2)3)24(5)13-11-17-9-10-18(25-6)19(15-17)26-7/h9-10,15-16H,8,11-14H2,1-7H3,(H,21,22). The summed E-state index contributed by atoms with van der Waals surface area (Å²) in [5.74, 6) is 2.48. The first-order valence-corrected chi connectivity index (χ1v) is 9.33. The molecule has 0 unspecified atom stereocenters. The Morgan fingerprint density at radius 3 is 2.38 bits per heavy atom. The normalized spacial score (nSPS) is 11.8. The number of hydrogen-bond acceptors (Lipinski definition) is 4. The van der Waals surface area contributed by atoms with E-state index in [1.54, 1.807) is 14.2 Å². The van der Waals surface area contributed by atoms with Gasteiger partial charge in [0.15, 0.2) is 17.5 Å². The second kappa shape index (κ2) is 11.6. The van der Waals surface area contributed by atoms with E-state index >= 15 is 0 Å². The summed E-state index contributed by atoms with van der Waals surface area (Å²) in [5.41, 5.74) is 1.21. The molecule has 1 rings (SSSR count). The summed E-state index contributed by atoms with van der Waals surface area (Å²) >= 11 is 0. The van der Waals surface area contributed by atoms with Gasteiger partial charge in [0, 0.05) is 32.7 Å². The third-order valence-electron chi connectivity index (χ3n) is 4.48. The first-order valence-electron chi connectivity index (χ1n) is 9.33. The minimum Gasteiger partial charge on any atom is -0.493 e. The number of ether oxygens (including phenoxy) is 2. The van der Waals surface area contributed by atoms with E-state index in [0.717, 1.165) is 50.1 Å². The molecule has 6 heteroatoms. The van der Waals surface area contributed by atoms with Crippen LogP contribution in [0.2, 0.25) is 0 Å². The molecule has 0 spiro atoms. The van der Waals surface area contributed by atoms with Crippen molar-refractivity contribution in [2.24, 2.45) is 4.99 Å². The highest BCUT2D eigenvalue weighted by atomic mass is 16.5. The molecule has 0 fully saturated rings. The van der Waals surface area contributed by atoms with E-state index in [2.05, 4.69) is 56.0 Å². The van der Waals surface area contributed by atoms with Crippen molar-refractivity contribution in [1.29, 1.82) is 0 Å². The average molecular weight is 365 g/mol. The van der Waals surface area contributed by atoms with Crippen LogP contribution in [-0.2, 0) is 6.42 Å². The summed E-state index contributed by atoms with van der Waals surface area (Å²) in [6.07, 6.45) is 0.910. The van der Waals surface area contributed by atoms with E-state index in [1.807, 2.05) is 12.1 Å². The number of methoxy groups -OCH3 is 2. The number of hydrogen-bond donors (Lipinski definition) is 1. The molecule has 0 saturated carbocycles. The Labute approximate surface area is 159 Å². The molecule has 1 N–H and O–H groups in total. The molecule has 0 aliphatic carbocycles. The molecule has 6 nitrogen and oxygen atoms in total. The largest absolute Gasteiger partial charge is 0.493 e. The van der Waals surface area contributed by atoms with Gasteiger partial charge in [-0.25, -0.2) is 0 Å². The SMILES string of the molecule is CCNC(=NCCN(C)C(C)C)N(C)CCc1ccc(OC)c(OC)c1. The average Bonchev–Trinajstić information content (AvgIpc) is 2.64.